The van der Waals surface area contributed by atoms with Gasteiger partial charge in [-0.15, -0.1) is 0 Å². The van der Waals surface area contributed by atoms with Gasteiger partial charge in [-0.3, -0.25) is 0 Å². The Kier molecular flexibility index (Phi) is 4.40. The van der Waals surface area contributed by atoms with Crippen molar-refractivity contribution in [3.05, 3.63) is 57.7 Å². The number of aromatic nitrogens is 1. The Bertz CT molecular complexity index is 617. The first-order valence-corrected chi connectivity index (χ1v) is 6.23. The summed E-state index contributed by atoms with van der Waals surface area (Å²) in [6.45, 7) is 0.00428. The van der Waals surface area contributed by atoms with E-state index in [2.05, 4.69) is 4.98 Å². The number of pyridine rings is 1. The summed E-state index contributed by atoms with van der Waals surface area (Å²) >= 11 is 11.5. The fourth-order valence-corrected chi connectivity index (χ4v) is 1.87. The molecule has 0 aliphatic carbocycles. The van der Waals surface area contributed by atoms with Crippen molar-refractivity contribution in [2.24, 2.45) is 0 Å². The zero-order valence-electron chi connectivity index (χ0n) is 9.92. The summed E-state index contributed by atoms with van der Waals surface area (Å²) in [5, 5.41) is 0.180. The van der Waals surface area contributed by atoms with Crippen molar-refractivity contribution in [1.29, 1.82) is 0 Å². The van der Waals surface area contributed by atoms with Crippen molar-refractivity contribution in [2.75, 3.05) is 0 Å². The third-order valence-electron chi connectivity index (χ3n) is 2.43. The zero-order chi connectivity index (χ0) is 14.8. The first-order valence-electron chi connectivity index (χ1n) is 5.47. The average molecular weight is 322 g/mol. The third-order valence-corrected chi connectivity index (χ3v) is 2.99. The Morgan fingerprint density at radius 1 is 1.10 bits per heavy atom. The lowest BCUT2D eigenvalue weighted by Crippen LogP contribution is -2.07. The van der Waals surface area contributed by atoms with Crippen LogP contribution in [0.4, 0.5) is 13.2 Å². The minimum absolute atomic E-state index is 0.00428. The number of rotatable bonds is 3. The van der Waals surface area contributed by atoms with Crippen molar-refractivity contribution in [3.8, 4) is 5.88 Å². The SMILES string of the molecule is FC(F)(F)c1cc(Cl)nc(OCc2ccccc2Cl)c1. The van der Waals surface area contributed by atoms with Crippen LogP contribution in [-0.4, -0.2) is 4.98 Å². The van der Waals surface area contributed by atoms with Crippen LogP contribution < -0.4 is 4.74 Å². The second kappa shape index (κ2) is 5.89. The van der Waals surface area contributed by atoms with Crippen molar-refractivity contribution in [2.45, 2.75) is 12.8 Å². The van der Waals surface area contributed by atoms with E-state index in [1.807, 2.05) is 0 Å². The molecule has 0 fully saturated rings. The lowest BCUT2D eigenvalue weighted by atomic mass is 10.2. The highest BCUT2D eigenvalue weighted by Gasteiger charge is 2.31. The number of halogens is 5. The van der Waals surface area contributed by atoms with E-state index < -0.39 is 11.7 Å². The largest absolute Gasteiger partial charge is 0.473 e. The van der Waals surface area contributed by atoms with Gasteiger partial charge in [0.25, 0.3) is 0 Å². The second-order valence-corrected chi connectivity index (χ2v) is 4.69. The van der Waals surface area contributed by atoms with E-state index in [1.165, 1.54) is 0 Å². The molecule has 1 aromatic heterocycles. The third kappa shape index (κ3) is 3.77. The lowest BCUT2D eigenvalue weighted by molar-refractivity contribution is -0.137. The van der Waals surface area contributed by atoms with Gasteiger partial charge in [-0.2, -0.15) is 13.2 Å². The highest BCUT2D eigenvalue weighted by Crippen LogP contribution is 2.32. The maximum absolute atomic E-state index is 12.6. The van der Waals surface area contributed by atoms with Gasteiger partial charge in [-0.05, 0) is 12.1 Å². The van der Waals surface area contributed by atoms with E-state index in [4.69, 9.17) is 27.9 Å². The van der Waals surface area contributed by atoms with Gasteiger partial charge in [0.1, 0.15) is 11.8 Å². The van der Waals surface area contributed by atoms with Crippen LogP contribution in [0.5, 0.6) is 5.88 Å². The molecule has 0 aliphatic rings. The molecule has 0 N–H and O–H groups in total. The predicted molar refractivity (Wildman–Crippen MR) is 70.0 cm³/mol. The van der Waals surface area contributed by atoms with Crippen LogP contribution in [0.3, 0.4) is 0 Å². The number of benzene rings is 1. The molecule has 1 heterocycles. The van der Waals surface area contributed by atoms with E-state index in [0.717, 1.165) is 12.1 Å². The minimum atomic E-state index is -4.50. The lowest BCUT2D eigenvalue weighted by Gasteiger charge is -2.11. The van der Waals surface area contributed by atoms with Gasteiger partial charge in [-0.25, -0.2) is 4.98 Å². The van der Waals surface area contributed by atoms with Crippen LogP contribution >= 0.6 is 23.2 Å². The van der Waals surface area contributed by atoms with Gasteiger partial charge < -0.3 is 4.74 Å². The zero-order valence-corrected chi connectivity index (χ0v) is 11.4. The summed E-state index contributed by atoms with van der Waals surface area (Å²) in [5.41, 5.74) is -0.267. The number of ether oxygens (including phenoxy) is 1. The Morgan fingerprint density at radius 2 is 1.80 bits per heavy atom. The van der Waals surface area contributed by atoms with Crippen LogP contribution in [0.25, 0.3) is 0 Å². The standard InChI is InChI=1S/C13H8Cl2F3NO/c14-10-4-2-1-3-8(10)7-20-12-6-9(13(16,17)18)5-11(15)19-12/h1-6H,7H2. The first-order chi connectivity index (χ1) is 9.36. The molecule has 0 aliphatic heterocycles. The Hall–Kier alpha value is -1.46. The molecule has 0 unspecified atom stereocenters. The molecule has 0 spiro atoms. The average Bonchev–Trinajstić information content (AvgIpc) is 2.36. The van der Waals surface area contributed by atoms with Gasteiger partial charge in [0.05, 0.1) is 5.56 Å². The van der Waals surface area contributed by atoms with Crippen LogP contribution in [0.15, 0.2) is 36.4 Å². The van der Waals surface area contributed by atoms with Crippen LogP contribution in [-0.2, 0) is 12.8 Å². The van der Waals surface area contributed by atoms with E-state index in [0.29, 0.717) is 10.6 Å². The van der Waals surface area contributed by atoms with E-state index >= 15 is 0 Å². The molecule has 0 bridgehead atoms. The van der Waals surface area contributed by atoms with Crippen molar-refractivity contribution < 1.29 is 17.9 Å². The van der Waals surface area contributed by atoms with E-state index in [-0.39, 0.29) is 17.6 Å². The van der Waals surface area contributed by atoms with Gasteiger partial charge in [-0.1, -0.05) is 41.4 Å². The summed E-state index contributed by atoms with van der Waals surface area (Å²) in [6, 6.07) is 8.39. The maximum Gasteiger partial charge on any atom is 0.416 e. The predicted octanol–water partition coefficient (Wildman–Crippen LogP) is 4.99. The topological polar surface area (TPSA) is 22.1 Å². The Morgan fingerprint density at radius 3 is 2.45 bits per heavy atom. The van der Waals surface area contributed by atoms with Gasteiger partial charge >= 0.3 is 6.18 Å². The van der Waals surface area contributed by atoms with Gasteiger partial charge in [0, 0.05) is 16.7 Å². The van der Waals surface area contributed by atoms with Gasteiger partial charge in [0.15, 0.2) is 0 Å². The van der Waals surface area contributed by atoms with Crippen LogP contribution in [0.2, 0.25) is 10.2 Å². The Labute approximate surface area is 123 Å². The Balaban J connectivity index is 2.18. The number of nitrogens with zero attached hydrogens (tertiary/aromatic N) is 1. The summed E-state index contributed by atoms with van der Waals surface area (Å²) in [5.74, 6) is -0.204. The highest BCUT2D eigenvalue weighted by atomic mass is 35.5. The number of alkyl halides is 3. The van der Waals surface area contributed by atoms with Crippen molar-refractivity contribution >= 4 is 23.2 Å². The summed E-state index contributed by atoms with van der Waals surface area (Å²) in [6.07, 6.45) is -4.50. The van der Waals surface area contributed by atoms with Crippen LogP contribution in [0, 0.1) is 0 Å². The normalized spacial score (nSPS) is 11.4. The fraction of sp³-hybridized carbons (Fsp3) is 0.154. The molecule has 0 atom stereocenters. The molecule has 2 aromatic rings. The summed E-state index contributed by atoms with van der Waals surface area (Å²) in [7, 11) is 0. The maximum atomic E-state index is 12.6. The molecule has 1 aromatic carbocycles. The molecule has 0 amide bonds. The molecule has 2 nitrogen and oxygen atoms in total. The fourth-order valence-electron chi connectivity index (χ4n) is 1.48. The number of hydrogen-bond donors (Lipinski definition) is 0. The molecular formula is C13H8Cl2F3NO. The van der Waals surface area contributed by atoms with E-state index in [1.54, 1.807) is 24.3 Å². The molecular weight excluding hydrogens is 314 g/mol. The van der Waals surface area contributed by atoms with Crippen molar-refractivity contribution in [3.63, 3.8) is 0 Å². The summed E-state index contributed by atoms with van der Waals surface area (Å²) in [4.78, 5) is 3.69. The quantitative estimate of drug-likeness (QED) is 0.743. The molecule has 7 heteroatoms. The minimum Gasteiger partial charge on any atom is -0.473 e. The second-order valence-electron chi connectivity index (χ2n) is 3.89. The van der Waals surface area contributed by atoms with E-state index in [9.17, 15) is 13.2 Å². The van der Waals surface area contributed by atoms with Crippen molar-refractivity contribution in [1.82, 2.24) is 4.98 Å². The smallest absolute Gasteiger partial charge is 0.416 e. The van der Waals surface area contributed by atoms with Crippen LogP contribution in [0.1, 0.15) is 11.1 Å². The molecule has 0 saturated carbocycles. The number of hydrogen-bond acceptors (Lipinski definition) is 2. The molecule has 0 radical (unpaired) electrons. The molecule has 20 heavy (non-hydrogen) atoms. The molecule has 0 saturated heterocycles. The monoisotopic (exact) mass is 321 g/mol. The molecule has 2 rings (SSSR count). The summed E-state index contributed by atoms with van der Waals surface area (Å²) < 4.78 is 43.0. The first kappa shape index (κ1) is 14.9. The van der Waals surface area contributed by atoms with Gasteiger partial charge in [0.2, 0.25) is 5.88 Å². The molecule has 106 valence electrons. The highest BCUT2D eigenvalue weighted by molar-refractivity contribution is 6.31.